The lowest BCUT2D eigenvalue weighted by Crippen LogP contribution is -2.40. The van der Waals surface area contributed by atoms with Gasteiger partial charge in [0.15, 0.2) is 6.54 Å². The molecule has 7 nitrogen and oxygen atoms in total. The molecule has 4 aromatic rings. The summed E-state index contributed by atoms with van der Waals surface area (Å²) in [6.07, 6.45) is 0.982. The lowest BCUT2D eigenvalue weighted by atomic mass is 9.98. The lowest BCUT2D eigenvalue weighted by Gasteiger charge is -2.20. The summed E-state index contributed by atoms with van der Waals surface area (Å²) in [7, 11) is 0. The van der Waals surface area contributed by atoms with Crippen LogP contribution in [0.5, 0.6) is 0 Å². The summed E-state index contributed by atoms with van der Waals surface area (Å²) < 4.78 is 2.40. The maximum absolute atomic E-state index is 6.25. The highest BCUT2D eigenvalue weighted by Gasteiger charge is 2.23. The van der Waals surface area contributed by atoms with E-state index in [4.69, 9.17) is 22.9 Å². The topological polar surface area (TPSA) is 123 Å². The Morgan fingerprint density at radius 1 is 0.714 bits per heavy atom. The molecule has 3 aromatic carbocycles. The van der Waals surface area contributed by atoms with Crippen LogP contribution in [0, 0.1) is 0 Å². The molecule has 0 bridgehead atoms. The fourth-order valence-corrected chi connectivity index (χ4v) is 4.82. The van der Waals surface area contributed by atoms with Crippen LogP contribution in [0.15, 0.2) is 66.7 Å². The molecular formula is C28H38N7+. The number of aromatic nitrogens is 1. The molecule has 7 heteroatoms. The third-order valence-electron chi connectivity index (χ3n) is 6.45. The van der Waals surface area contributed by atoms with Crippen LogP contribution in [-0.4, -0.2) is 50.7 Å². The molecule has 0 spiro atoms. The second kappa shape index (κ2) is 12.0. The maximum Gasteiger partial charge on any atom is 0.220 e. The van der Waals surface area contributed by atoms with Crippen LogP contribution in [0.1, 0.15) is 6.42 Å². The fourth-order valence-electron chi connectivity index (χ4n) is 4.82. The van der Waals surface area contributed by atoms with Gasteiger partial charge in [-0.25, -0.2) is 0 Å². The molecule has 0 aliphatic rings. The fraction of sp³-hybridized carbons (Fsp3) is 0.321. The minimum absolute atomic E-state index is 0.654. The zero-order valence-electron chi connectivity index (χ0n) is 20.4. The first kappa shape index (κ1) is 24.9. The van der Waals surface area contributed by atoms with Crippen molar-refractivity contribution in [2.45, 2.75) is 13.0 Å². The molecule has 35 heavy (non-hydrogen) atoms. The van der Waals surface area contributed by atoms with Crippen LogP contribution in [0.3, 0.4) is 0 Å². The number of nitrogens with one attached hydrogen (secondary N) is 1. The van der Waals surface area contributed by atoms with Gasteiger partial charge in [0.2, 0.25) is 11.2 Å². The summed E-state index contributed by atoms with van der Waals surface area (Å²) in [4.78, 5) is 2.30. The van der Waals surface area contributed by atoms with Gasteiger partial charge in [-0.3, -0.25) is 4.90 Å². The molecule has 0 saturated carbocycles. The highest BCUT2D eigenvalue weighted by molar-refractivity contribution is 6.10. The summed E-state index contributed by atoms with van der Waals surface area (Å²) in [5, 5.41) is 7.10. The number of anilines is 2. The van der Waals surface area contributed by atoms with Crippen LogP contribution in [0.2, 0.25) is 0 Å². The number of aryl methyl sites for hydroxylation is 1. The normalized spacial score (nSPS) is 11.6. The van der Waals surface area contributed by atoms with Gasteiger partial charge in [0, 0.05) is 80.6 Å². The van der Waals surface area contributed by atoms with E-state index in [1.54, 1.807) is 0 Å². The van der Waals surface area contributed by atoms with Crippen molar-refractivity contribution in [1.29, 1.82) is 0 Å². The van der Waals surface area contributed by atoms with E-state index in [1.165, 1.54) is 22.0 Å². The molecule has 9 N–H and O–H groups in total. The number of rotatable bonds is 12. The molecule has 0 fully saturated rings. The van der Waals surface area contributed by atoms with Crippen molar-refractivity contribution in [3.8, 4) is 11.3 Å². The minimum atomic E-state index is 0.654. The van der Waals surface area contributed by atoms with Gasteiger partial charge in [0.05, 0.1) is 10.8 Å². The number of nitrogen functional groups attached to an aromatic ring is 2. The molecule has 1 heterocycles. The van der Waals surface area contributed by atoms with Gasteiger partial charge >= 0.3 is 0 Å². The zero-order chi connectivity index (χ0) is 24.6. The summed E-state index contributed by atoms with van der Waals surface area (Å²) in [5.41, 5.74) is 28.9. The highest BCUT2D eigenvalue weighted by atomic mass is 15.1. The lowest BCUT2D eigenvalue weighted by molar-refractivity contribution is -0.659. The van der Waals surface area contributed by atoms with Gasteiger partial charge in [0.1, 0.15) is 0 Å². The monoisotopic (exact) mass is 472 g/mol. The molecule has 0 atom stereocenters. The average Bonchev–Trinajstić information content (AvgIpc) is 2.86. The Labute approximate surface area is 207 Å². The van der Waals surface area contributed by atoms with Gasteiger partial charge < -0.3 is 28.3 Å². The van der Waals surface area contributed by atoms with E-state index in [-0.39, 0.29) is 0 Å². The van der Waals surface area contributed by atoms with Crippen molar-refractivity contribution in [3.63, 3.8) is 0 Å². The van der Waals surface area contributed by atoms with Crippen LogP contribution in [0.4, 0.5) is 11.4 Å². The van der Waals surface area contributed by atoms with Crippen molar-refractivity contribution in [3.05, 3.63) is 66.7 Å². The van der Waals surface area contributed by atoms with E-state index in [0.29, 0.717) is 13.1 Å². The van der Waals surface area contributed by atoms with Crippen LogP contribution >= 0.6 is 0 Å². The molecule has 0 aliphatic carbocycles. The molecule has 4 rings (SSSR count). The van der Waals surface area contributed by atoms with Crippen molar-refractivity contribution in [2.24, 2.45) is 11.5 Å². The van der Waals surface area contributed by atoms with E-state index < -0.39 is 0 Å². The van der Waals surface area contributed by atoms with Crippen molar-refractivity contribution in [1.82, 2.24) is 10.2 Å². The largest absolute Gasteiger partial charge is 0.399 e. The second-order valence-electron chi connectivity index (χ2n) is 8.97. The van der Waals surface area contributed by atoms with Crippen molar-refractivity contribution in [2.75, 3.05) is 57.3 Å². The van der Waals surface area contributed by atoms with E-state index in [9.17, 15) is 0 Å². The molecule has 0 saturated heterocycles. The predicted octanol–water partition coefficient (Wildman–Crippen LogP) is 2.31. The first-order valence-corrected chi connectivity index (χ1v) is 12.4. The van der Waals surface area contributed by atoms with Gasteiger partial charge in [0.25, 0.3) is 0 Å². The Kier molecular flexibility index (Phi) is 8.50. The Hall–Kier alpha value is -3.23. The van der Waals surface area contributed by atoms with E-state index in [1.807, 2.05) is 18.2 Å². The smallest absolute Gasteiger partial charge is 0.220 e. The number of nitrogens with two attached hydrogens (primary N) is 4. The number of fused-ring (bicyclic) bond motifs is 3. The number of hydrogen-bond donors (Lipinski definition) is 5. The summed E-state index contributed by atoms with van der Waals surface area (Å²) in [6, 6.07) is 22.9. The minimum Gasteiger partial charge on any atom is -0.399 e. The number of pyridine rings is 1. The van der Waals surface area contributed by atoms with Crippen molar-refractivity contribution >= 4 is 33.1 Å². The second-order valence-corrected chi connectivity index (χ2v) is 8.97. The van der Waals surface area contributed by atoms with Gasteiger partial charge in [-0.05, 0) is 36.4 Å². The average molecular weight is 473 g/mol. The molecular weight excluding hydrogens is 434 g/mol. The molecule has 184 valence electrons. The molecule has 0 unspecified atom stereocenters. The van der Waals surface area contributed by atoms with Crippen LogP contribution < -0.4 is 32.8 Å². The predicted molar refractivity (Wildman–Crippen MR) is 148 cm³/mol. The Bertz CT molecular complexity index is 1250. The van der Waals surface area contributed by atoms with E-state index in [2.05, 4.69) is 63.3 Å². The molecule has 0 amide bonds. The number of benzene rings is 3. The van der Waals surface area contributed by atoms with E-state index >= 15 is 0 Å². The summed E-state index contributed by atoms with van der Waals surface area (Å²) >= 11 is 0. The van der Waals surface area contributed by atoms with Crippen molar-refractivity contribution < 1.29 is 4.57 Å². The highest BCUT2D eigenvalue weighted by Crippen LogP contribution is 2.33. The zero-order valence-corrected chi connectivity index (χ0v) is 20.4. The van der Waals surface area contributed by atoms with Gasteiger partial charge in [-0.1, -0.05) is 24.3 Å². The molecule has 1 aromatic heterocycles. The van der Waals surface area contributed by atoms with E-state index in [0.717, 1.165) is 68.0 Å². The summed E-state index contributed by atoms with van der Waals surface area (Å²) in [5.74, 6) is 0. The molecule has 0 radical (unpaired) electrons. The SMILES string of the molecule is NCCN(CCN)CCNCCC[n+]1c(-c2ccccc2)c2cc(N)ccc2c2ccc(N)cc21. The Balaban J connectivity index is 1.64. The first-order valence-electron chi connectivity index (χ1n) is 12.4. The van der Waals surface area contributed by atoms with Gasteiger partial charge in [-0.15, -0.1) is 0 Å². The molecule has 0 aliphatic heterocycles. The van der Waals surface area contributed by atoms with Gasteiger partial charge in [-0.2, -0.15) is 4.57 Å². The van der Waals surface area contributed by atoms with Crippen LogP contribution in [0.25, 0.3) is 32.9 Å². The third-order valence-corrected chi connectivity index (χ3v) is 6.45. The standard InChI is InChI=1S/C28H37N7/c29-11-16-34(17-12-30)18-14-33-13-4-15-35-27-20-23(32)8-10-25(27)24-9-7-22(31)19-26(24)28(35)21-5-2-1-3-6-21/h1-3,5-10,19-20,32-33H,4,11-18,29-31H2/p+1. The third kappa shape index (κ3) is 5.89. The quantitative estimate of drug-likeness (QED) is 0.0933. The maximum atomic E-state index is 6.25. The first-order chi connectivity index (χ1) is 17.1. The number of nitrogens with zero attached hydrogens (tertiary/aromatic N) is 2. The Morgan fingerprint density at radius 2 is 1.40 bits per heavy atom. The van der Waals surface area contributed by atoms with Crippen LogP contribution in [-0.2, 0) is 6.54 Å². The summed E-state index contributed by atoms with van der Waals surface area (Å²) in [6.45, 7) is 6.70. The number of hydrogen-bond acceptors (Lipinski definition) is 6. The Morgan fingerprint density at radius 3 is 2.11 bits per heavy atom.